The first kappa shape index (κ1) is 10.8. The van der Waals surface area contributed by atoms with Crippen molar-refractivity contribution in [1.82, 2.24) is 0 Å². The van der Waals surface area contributed by atoms with Crippen LogP contribution in [0.1, 0.15) is 10.6 Å². The molecule has 3 rings (SSSR count). The summed E-state index contributed by atoms with van der Waals surface area (Å²) in [7, 11) is 0. The highest BCUT2D eigenvalue weighted by atomic mass is 79.9. The molecule has 1 aromatic carbocycles. The molecule has 0 radical (unpaired) electrons. The summed E-state index contributed by atoms with van der Waals surface area (Å²) in [5.41, 5.74) is 0.669. The van der Waals surface area contributed by atoms with Gasteiger partial charge >= 0.3 is 5.97 Å². The Balaban J connectivity index is 1.81. The molecular formula is C12H9BrO4. The van der Waals surface area contributed by atoms with E-state index >= 15 is 0 Å². The van der Waals surface area contributed by atoms with E-state index in [9.17, 15) is 4.79 Å². The molecule has 4 nitrogen and oxygen atoms in total. The fraction of sp³-hybridized carbons (Fsp3) is 0.250. The molecule has 0 aliphatic carbocycles. The summed E-state index contributed by atoms with van der Waals surface area (Å²) in [6, 6.07) is 7.23. The molecule has 2 aromatic rings. The van der Waals surface area contributed by atoms with Gasteiger partial charge in [-0.25, -0.2) is 4.79 Å². The zero-order chi connectivity index (χ0) is 11.8. The van der Waals surface area contributed by atoms with Crippen molar-refractivity contribution < 1.29 is 18.7 Å². The lowest BCUT2D eigenvalue weighted by atomic mass is 10.2. The Hall–Kier alpha value is -1.33. The van der Waals surface area contributed by atoms with Crippen molar-refractivity contribution >= 4 is 32.9 Å². The van der Waals surface area contributed by atoms with Crippen LogP contribution in [-0.2, 0) is 9.47 Å². The van der Waals surface area contributed by atoms with E-state index < -0.39 is 5.97 Å². The third kappa shape index (κ3) is 2.35. The summed E-state index contributed by atoms with van der Waals surface area (Å²) in [6.45, 7) is 0.958. The lowest BCUT2D eigenvalue weighted by Gasteiger charge is -1.98. The van der Waals surface area contributed by atoms with E-state index in [2.05, 4.69) is 15.9 Å². The summed E-state index contributed by atoms with van der Waals surface area (Å²) in [5.74, 6) is -0.230. The molecule has 0 bridgehead atoms. The van der Waals surface area contributed by atoms with E-state index in [4.69, 9.17) is 13.9 Å². The molecule has 1 atom stereocenters. The van der Waals surface area contributed by atoms with Crippen LogP contribution < -0.4 is 0 Å². The number of hydrogen-bond donors (Lipinski definition) is 0. The molecule has 0 saturated carbocycles. The van der Waals surface area contributed by atoms with E-state index in [1.807, 2.05) is 12.1 Å². The van der Waals surface area contributed by atoms with E-state index in [-0.39, 0.29) is 11.9 Å². The van der Waals surface area contributed by atoms with Crippen molar-refractivity contribution in [2.75, 3.05) is 13.2 Å². The lowest BCUT2D eigenvalue weighted by Crippen LogP contribution is -2.08. The molecule has 0 amide bonds. The average Bonchev–Trinajstić information content (AvgIpc) is 3.04. The van der Waals surface area contributed by atoms with Gasteiger partial charge in [0, 0.05) is 9.86 Å². The Morgan fingerprint density at radius 1 is 1.47 bits per heavy atom. The largest absolute Gasteiger partial charge is 0.457 e. The van der Waals surface area contributed by atoms with Crippen LogP contribution >= 0.6 is 15.9 Å². The van der Waals surface area contributed by atoms with Gasteiger partial charge in [-0.05, 0) is 24.3 Å². The molecule has 88 valence electrons. The third-order valence-electron chi connectivity index (χ3n) is 2.48. The SMILES string of the molecule is O=C(OC[C@@H]1CO1)c1cc2cc(Br)ccc2o1. The summed E-state index contributed by atoms with van der Waals surface area (Å²) in [4.78, 5) is 11.6. The zero-order valence-corrected chi connectivity index (χ0v) is 10.4. The van der Waals surface area contributed by atoms with Gasteiger partial charge in [-0.3, -0.25) is 0 Å². The number of fused-ring (bicyclic) bond motifs is 1. The predicted octanol–water partition coefficient (Wildman–Crippen LogP) is 2.75. The maximum atomic E-state index is 11.6. The number of carbonyl (C=O) groups excluding carboxylic acids is 1. The number of hydrogen-bond acceptors (Lipinski definition) is 4. The van der Waals surface area contributed by atoms with Gasteiger partial charge in [-0.2, -0.15) is 0 Å². The van der Waals surface area contributed by atoms with Crippen LogP contribution in [0.4, 0.5) is 0 Å². The van der Waals surface area contributed by atoms with Crippen LogP contribution in [0.5, 0.6) is 0 Å². The quantitative estimate of drug-likeness (QED) is 0.645. The molecule has 0 spiro atoms. The summed E-state index contributed by atoms with van der Waals surface area (Å²) in [6.07, 6.45) is 0.0671. The number of esters is 1. The number of benzene rings is 1. The Morgan fingerprint density at radius 3 is 3.06 bits per heavy atom. The number of carbonyl (C=O) groups is 1. The van der Waals surface area contributed by atoms with Gasteiger partial charge in [0.15, 0.2) is 0 Å². The Morgan fingerprint density at radius 2 is 2.29 bits per heavy atom. The van der Waals surface area contributed by atoms with Crippen molar-refractivity contribution in [3.8, 4) is 0 Å². The lowest BCUT2D eigenvalue weighted by molar-refractivity contribution is 0.0443. The molecule has 1 fully saturated rings. The number of halogens is 1. The molecule has 0 N–H and O–H groups in total. The minimum absolute atomic E-state index is 0.0671. The first-order valence-corrected chi connectivity index (χ1v) is 5.99. The maximum Gasteiger partial charge on any atom is 0.374 e. The molecule has 1 saturated heterocycles. The highest BCUT2D eigenvalue weighted by Gasteiger charge is 2.25. The van der Waals surface area contributed by atoms with Gasteiger partial charge in [0.25, 0.3) is 0 Å². The van der Waals surface area contributed by atoms with Gasteiger partial charge in [0.1, 0.15) is 18.3 Å². The standard InChI is InChI=1S/C12H9BrO4/c13-8-1-2-10-7(3-8)4-11(17-10)12(14)16-6-9-5-15-9/h1-4,9H,5-6H2/t9-/m0/s1. The third-order valence-corrected chi connectivity index (χ3v) is 2.98. The van der Waals surface area contributed by atoms with Crippen molar-refractivity contribution in [1.29, 1.82) is 0 Å². The van der Waals surface area contributed by atoms with E-state index in [1.54, 1.807) is 12.1 Å². The van der Waals surface area contributed by atoms with Crippen molar-refractivity contribution in [2.24, 2.45) is 0 Å². The molecule has 1 aromatic heterocycles. The van der Waals surface area contributed by atoms with E-state index in [0.29, 0.717) is 18.8 Å². The second-order valence-electron chi connectivity index (χ2n) is 3.85. The molecule has 0 unspecified atom stereocenters. The van der Waals surface area contributed by atoms with Crippen LogP contribution in [0.25, 0.3) is 11.0 Å². The summed E-state index contributed by atoms with van der Waals surface area (Å²) in [5, 5.41) is 0.869. The van der Waals surface area contributed by atoms with Gasteiger partial charge in [0.05, 0.1) is 6.61 Å². The van der Waals surface area contributed by atoms with Gasteiger partial charge in [-0.15, -0.1) is 0 Å². The van der Waals surface area contributed by atoms with E-state index in [1.165, 1.54) is 0 Å². The number of furan rings is 1. The van der Waals surface area contributed by atoms with Crippen molar-refractivity contribution in [3.63, 3.8) is 0 Å². The molecule has 1 aliphatic rings. The molecule has 2 heterocycles. The molecule has 1 aliphatic heterocycles. The Labute approximate surface area is 106 Å². The normalized spacial score (nSPS) is 18.3. The molecule has 17 heavy (non-hydrogen) atoms. The van der Waals surface area contributed by atoms with Crippen LogP contribution in [0.2, 0.25) is 0 Å². The maximum absolute atomic E-state index is 11.6. The van der Waals surface area contributed by atoms with Crippen molar-refractivity contribution in [3.05, 3.63) is 34.5 Å². The second-order valence-corrected chi connectivity index (χ2v) is 4.76. The van der Waals surface area contributed by atoms with Crippen LogP contribution in [-0.4, -0.2) is 25.3 Å². The summed E-state index contributed by atoms with van der Waals surface area (Å²) < 4.78 is 16.3. The summed E-state index contributed by atoms with van der Waals surface area (Å²) >= 11 is 3.36. The van der Waals surface area contributed by atoms with Crippen LogP contribution in [0.3, 0.4) is 0 Å². The van der Waals surface area contributed by atoms with Crippen molar-refractivity contribution in [2.45, 2.75) is 6.10 Å². The van der Waals surface area contributed by atoms with Crippen LogP contribution in [0.15, 0.2) is 33.2 Å². The van der Waals surface area contributed by atoms with Gasteiger partial charge in [0.2, 0.25) is 5.76 Å². The number of epoxide rings is 1. The zero-order valence-electron chi connectivity index (χ0n) is 8.81. The molecule has 5 heteroatoms. The first-order valence-electron chi connectivity index (χ1n) is 5.20. The minimum atomic E-state index is -0.451. The number of ether oxygens (including phenoxy) is 2. The predicted molar refractivity (Wildman–Crippen MR) is 63.9 cm³/mol. The highest BCUT2D eigenvalue weighted by Crippen LogP contribution is 2.24. The average molecular weight is 297 g/mol. The molecular weight excluding hydrogens is 288 g/mol. The smallest absolute Gasteiger partial charge is 0.374 e. The topological polar surface area (TPSA) is 52.0 Å². The Bertz CT molecular complexity index is 571. The van der Waals surface area contributed by atoms with E-state index in [0.717, 1.165) is 9.86 Å². The highest BCUT2D eigenvalue weighted by molar-refractivity contribution is 9.10. The van der Waals surface area contributed by atoms with Crippen LogP contribution in [0, 0.1) is 0 Å². The fourth-order valence-corrected chi connectivity index (χ4v) is 1.90. The Kier molecular flexibility index (Phi) is 2.64. The van der Waals surface area contributed by atoms with Gasteiger partial charge < -0.3 is 13.9 Å². The monoisotopic (exact) mass is 296 g/mol. The van der Waals surface area contributed by atoms with Gasteiger partial charge in [-0.1, -0.05) is 15.9 Å². The number of rotatable bonds is 3. The minimum Gasteiger partial charge on any atom is -0.457 e. The fourth-order valence-electron chi connectivity index (χ4n) is 1.52. The second kappa shape index (κ2) is 4.16. The first-order chi connectivity index (χ1) is 8.22.